The van der Waals surface area contributed by atoms with Gasteiger partial charge >= 0.3 is 0 Å². The van der Waals surface area contributed by atoms with Crippen LogP contribution >= 0.6 is 0 Å². The first kappa shape index (κ1) is 25.4. The third-order valence-corrected chi connectivity index (χ3v) is 13.1. The molecule has 1 aromatic carbocycles. The van der Waals surface area contributed by atoms with Gasteiger partial charge in [-0.1, -0.05) is 77.0 Å². The molecule has 0 saturated heterocycles. The summed E-state index contributed by atoms with van der Waals surface area (Å²) < 4.78 is 0. The van der Waals surface area contributed by atoms with Crippen LogP contribution in [-0.4, -0.2) is 25.7 Å². The fourth-order valence-electron chi connectivity index (χ4n) is 5.01. The molecule has 0 N–H and O–H groups in total. The first-order valence-electron chi connectivity index (χ1n) is 12.1. The summed E-state index contributed by atoms with van der Waals surface area (Å²) in [4.78, 5) is 18.1. The van der Waals surface area contributed by atoms with Crippen LogP contribution in [0.25, 0.3) is 0 Å². The molecule has 0 bridgehead atoms. The standard InChI is InChI=1S/C27H41NO2Si/c1-21(2)31(22(3)4,23(5)6)20-12-15-25(19-18-24-13-8-7-9-14-24)30-28-26-16-10-11-17-27(26)29/h7-9,13-14,21-23,25H,10-11,15-19H2,1-6H3/b28-26+. The Kier molecular flexibility index (Phi) is 10.0. The Hall–Kier alpha value is -1.86. The molecule has 1 unspecified atom stereocenters. The lowest BCUT2D eigenvalue weighted by atomic mass is 9.97. The Morgan fingerprint density at radius 2 is 1.58 bits per heavy atom. The van der Waals surface area contributed by atoms with Gasteiger partial charge in [-0.3, -0.25) is 4.79 Å². The molecule has 0 heterocycles. The fourth-order valence-corrected chi connectivity index (χ4v) is 10.3. The molecule has 1 aliphatic carbocycles. The third-order valence-electron chi connectivity index (χ3n) is 6.80. The van der Waals surface area contributed by atoms with Crippen molar-refractivity contribution in [3.05, 3.63) is 35.9 Å². The number of Topliss-reactive ketones (excluding diaryl/α,β-unsaturated/α-hetero) is 1. The quantitative estimate of drug-likeness (QED) is 0.233. The van der Waals surface area contributed by atoms with Crippen molar-refractivity contribution < 1.29 is 9.63 Å². The summed E-state index contributed by atoms with van der Waals surface area (Å²) in [7, 11) is -1.75. The maximum Gasteiger partial charge on any atom is 0.180 e. The molecular weight excluding hydrogens is 398 g/mol. The molecule has 3 nitrogen and oxygen atoms in total. The molecule has 1 fully saturated rings. The van der Waals surface area contributed by atoms with E-state index in [1.807, 2.05) is 6.07 Å². The van der Waals surface area contributed by atoms with Gasteiger partial charge in [0.15, 0.2) is 5.78 Å². The Morgan fingerprint density at radius 1 is 0.968 bits per heavy atom. The van der Waals surface area contributed by atoms with Gasteiger partial charge in [0.05, 0.1) is 0 Å². The maximum absolute atomic E-state index is 12.1. The second-order valence-electron chi connectivity index (χ2n) is 9.82. The molecule has 1 saturated carbocycles. The van der Waals surface area contributed by atoms with E-state index in [0.29, 0.717) is 35.2 Å². The van der Waals surface area contributed by atoms with Gasteiger partial charge in [-0.2, -0.15) is 0 Å². The zero-order valence-electron chi connectivity index (χ0n) is 20.4. The van der Waals surface area contributed by atoms with E-state index >= 15 is 0 Å². The number of carbonyl (C=O) groups excluding carboxylic acids is 1. The van der Waals surface area contributed by atoms with E-state index in [2.05, 4.69) is 82.4 Å². The lowest BCUT2D eigenvalue weighted by molar-refractivity contribution is -0.113. The molecule has 31 heavy (non-hydrogen) atoms. The SMILES string of the molecule is CC(C)[Si](C#CCC(CCc1ccccc1)O/N=C1\CCCCC1=O)(C(C)C)C(C)C. The van der Waals surface area contributed by atoms with Crippen LogP contribution < -0.4 is 0 Å². The Bertz CT molecular complexity index is 765. The molecule has 1 aliphatic rings. The Labute approximate surface area is 191 Å². The molecule has 0 aliphatic heterocycles. The van der Waals surface area contributed by atoms with Crippen LogP contribution in [0.1, 0.15) is 85.6 Å². The maximum atomic E-state index is 12.1. The average Bonchev–Trinajstić information content (AvgIpc) is 2.73. The minimum Gasteiger partial charge on any atom is -0.391 e. The summed E-state index contributed by atoms with van der Waals surface area (Å²) in [6, 6.07) is 10.5. The molecule has 0 aromatic heterocycles. The van der Waals surface area contributed by atoms with Crippen molar-refractivity contribution in [2.45, 2.75) is 109 Å². The lowest BCUT2D eigenvalue weighted by Crippen LogP contribution is -2.43. The molecule has 4 heteroatoms. The van der Waals surface area contributed by atoms with Crippen molar-refractivity contribution in [2.24, 2.45) is 5.16 Å². The fraction of sp³-hybridized carbons (Fsp3) is 0.630. The number of benzene rings is 1. The van der Waals surface area contributed by atoms with Gasteiger partial charge in [0.2, 0.25) is 0 Å². The van der Waals surface area contributed by atoms with Crippen molar-refractivity contribution in [1.82, 2.24) is 0 Å². The summed E-state index contributed by atoms with van der Waals surface area (Å²) in [5.41, 5.74) is 7.55. The lowest BCUT2D eigenvalue weighted by Gasteiger charge is -2.38. The number of aryl methyl sites for hydroxylation is 1. The van der Waals surface area contributed by atoms with E-state index in [9.17, 15) is 4.79 Å². The molecule has 1 atom stereocenters. The first-order valence-corrected chi connectivity index (χ1v) is 14.3. The predicted molar refractivity (Wildman–Crippen MR) is 134 cm³/mol. The molecule has 0 amide bonds. The van der Waals surface area contributed by atoms with Gasteiger partial charge < -0.3 is 4.84 Å². The van der Waals surface area contributed by atoms with Crippen molar-refractivity contribution in [3.8, 4) is 11.5 Å². The van der Waals surface area contributed by atoms with E-state index in [0.717, 1.165) is 32.1 Å². The Morgan fingerprint density at radius 3 is 2.16 bits per heavy atom. The van der Waals surface area contributed by atoms with E-state index in [1.165, 1.54) is 5.56 Å². The number of oxime groups is 1. The zero-order chi connectivity index (χ0) is 22.9. The van der Waals surface area contributed by atoms with Crippen molar-refractivity contribution in [1.29, 1.82) is 0 Å². The molecule has 2 rings (SSSR count). The highest BCUT2D eigenvalue weighted by atomic mass is 28.3. The molecule has 0 radical (unpaired) electrons. The number of nitrogens with zero attached hydrogens (tertiary/aromatic N) is 1. The van der Waals surface area contributed by atoms with E-state index in [-0.39, 0.29) is 11.9 Å². The number of rotatable bonds is 9. The van der Waals surface area contributed by atoms with Crippen molar-refractivity contribution in [3.63, 3.8) is 0 Å². The number of hydrogen-bond acceptors (Lipinski definition) is 3. The predicted octanol–water partition coefficient (Wildman–Crippen LogP) is 7.12. The number of carbonyl (C=O) groups is 1. The minimum atomic E-state index is -1.75. The van der Waals surface area contributed by atoms with Crippen LogP contribution in [0.2, 0.25) is 16.6 Å². The summed E-state index contributed by atoms with van der Waals surface area (Å²) in [6.07, 6.45) is 5.67. The van der Waals surface area contributed by atoms with E-state index in [4.69, 9.17) is 4.84 Å². The van der Waals surface area contributed by atoms with Gasteiger partial charge in [0.1, 0.15) is 19.9 Å². The minimum absolute atomic E-state index is 0.0897. The second kappa shape index (κ2) is 12.2. The van der Waals surface area contributed by atoms with Crippen LogP contribution in [0, 0.1) is 11.5 Å². The van der Waals surface area contributed by atoms with Gasteiger partial charge in [-0.05, 0) is 54.3 Å². The summed E-state index contributed by atoms with van der Waals surface area (Å²) in [5.74, 6) is 3.68. The monoisotopic (exact) mass is 439 g/mol. The first-order chi connectivity index (χ1) is 14.8. The summed E-state index contributed by atoms with van der Waals surface area (Å²) in [5, 5.41) is 4.31. The number of ketones is 1. The third kappa shape index (κ3) is 7.07. The highest BCUT2D eigenvalue weighted by Gasteiger charge is 2.41. The van der Waals surface area contributed by atoms with Crippen molar-refractivity contribution >= 4 is 19.6 Å². The van der Waals surface area contributed by atoms with E-state index < -0.39 is 8.07 Å². The largest absolute Gasteiger partial charge is 0.391 e. The van der Waals surface area contributed by atoms with Gasteiger partial charge in [-0.15, -0.1) is 11.5 Å². The van der Waals surface area contributed by atoms with Gasteiger partial charge in [-0.25, -0.2) is 0 Å². The second-order valence-corrected chi connectivity index (χ2v) is 15.4. The molecular formula is C27H41NO2Si. The smallest absolute Gasteiger partial charge is 0.180 e. The Balaban J connectivity index is 2.16. The summed E-state index contributed by atoms with van der Waals surface area (Å²) in [6.45, 7) is 14.0. The van der Waals surface area contributed by atoms with Gasteiger partial charge in [0.25, 0.3) is 0 Å². The van der Waals surface area contributed by atoms with Crippen LogP contribution in [0.4, 0.5) is 0 Å². The normalized spacial score (nSPS) is 17.2. The molecule has 0 spiro atoms. The van der Waals surface area contributed by atoms with Gasteiger partial charge in [0, 0.05) is 12.8 Å². The van der Waals surface area contributed by atoms with Crippen LogP contribution in [0.3, 0.4) is 0 Å². The van der Waals surface area contributed by atoms with Crippen LogP contribution in [-0.2, 0) is 16.1 Å². The number of hydrogen-bond donors (Lipinski definition) is 0. The van der Waals surface area contributed by atoms with E-state index in [1.54, 1.807) is 0 Å². The molecule has 1 aromatic rings. The summed E-state index contributed by atoms with van der Waals surface area (Å²) >= 11 is 0. The van der Waals surface area contributed by atoms with Crippen LogP contribution in [0.5, 0.6) is 0 Å². The highest BCUT2D eigenvalue weighted by molar-refractivity contribution is 6.90. The molecule has 170 valence electrons. The average molecular weight is 440 g/mol. The zero-order valence-corrected chi connectivity index (χ0v) is 21.4. The van der Waals surface area contributed by atoms with Crippen LogP contribution in [0.15, 0.2) is 35.5 Å². The topological polar surface area (TPSA) is 38.7 Å². The highest BCUT2D eigenvalue weighted by Crippen LogP contribution is 2.40. The van der Waals surface area contributed by atoms with Crippen molar-refractivity contribution in [2.75, 3.05) is 0 Å².